The van der Waals surface area contributed by atoms with E-state index in [1.54, 1.807) is 0 Å². The van der Waals surface area contributed by atoms with E-state index < -0.39 is 0 Å². The smallest absolute Gasteiger partial charge is 0.119 e. The van der Waals surface area contributed by atoms with Crippen molar-refractivity contribution < 1.29 is 4.74 Å². The highest BCUT2D eigenvalue weighted by atomic mass is 16.5. The molecule has 0 atom stereocenters. The lowest BCUT2D eigenvalue weighted by atomic mass is 10.2. The minimum absolute atomic E-state index is 0.664. The van der Waals surface area contributed by atoms with Gasteiger partial charge in [0.05, 0.1) is 6.54 Å². The number of nitrogens with one attached hydrogen (secondary N) is 1. The summed E-state index contributed by atoms with van der Waals surface area (Å²) in [6, 6.07) is 8.27. The molecule has 2 rings (SSSR count). The van der Waals surface area contributed by atoms with E-state index in [9.17, 15) is 0 Å². The van der Waals surface area contributed by atoms with Gasteiger partial charge in [0.2, 0.25) is 0 Å². The van der Waals surface area contributed by atoms with E-state index in [-0.39, 0.29) is 0 Å². The van der Waals surface area contributed by atoms with Crippen LogP contribution in [0, 0.1) is 0 Å². The lowest BCUT2D eigenvalue weighted by molar-refractivity contribution is 0.296. The number of imidazole rings is 1. The summed E-state index contributed by atoms with van der Waals surface area (Å²) >= 11 is 0. The number of rotatable bonds is 9. The Bertz CT molecular complexity index is 536. The van der Waals surface area contributed by atoms with Crippen LogP contribution in [0.25, 0.3) is 0 Å². The van der Waals surface area contributed by atoms with E-state index in [1.165, 1.54) is 5.56 Å². The highest BCUT2D eigenvalue weighted by Gasteiger charge is 2.02. The van der Waals surface area contributed by atoms with Crippen LogP contribution in [0.3, 0.4) is 0 Å². The number of nitrogens with zero attached hydrogens (tertiary/aromatic N) is 2. The van der Waals surface area contributed by atoms with Crippen molar-refractivity contribution >= 4 is 0 Å². The molecular formula is C17H25N3O. The van der Waals surface area contributed by atoms with Gasteiger partial charge in [0.1, 0.15) is 18.2 Å². The molecule has 0 aliphatic rings. The van der Waals surface area contributed by atoms with Gasteiger partial charge in [0.15, 0.2) is 0 Å². The van der Waals surface area contributed by atoms with Crippen molar-refractivity contribution in [1.82, 2.24) is 14.9 Å². The van der Waals surface area contributed by atoms with Crippen LogP contribution in [0.4, 0.5) is 0 Å². The Hall–Kier alpha value is -1.81. The molecular weight excluding hydrogens is 262 g/mol. The van der Waals surface area contributed by atoms with Crippen LogP contribution in [-0.2, 0) is 19.5 Å². The second-order valence-electron chi connectivity index (χ2n) is 5.06. The van der Waals surface area contributed by atoms with Crippen molar-refractivity contribution in [3.05, 3.63) is 48.0 Å². The molecule has 1 heterocycles. The molecule has 0 saturated heterocycles. The molecule has 0 radical (unpaired) electrons. The third-order valence-corrected chi connectivity index (χ3v) is 3.35. The molecule has 1 N–H and O–H groups in total. The SMILES string of the molecule is CCCc1nccn1CCOc1cccc(CNCC)c1. The van der Waals surface area contributed by atoms with E-state index in [2.05, 4.69) is 40.8 Å². The summed E-state index contributed by atoms with van der Waals surface area (Å²) in [5, 5.41) is 3.32. The van der Waals surface area contributed by atoms with Crippen molar-refractivity contribution in [2.75, 3.05) is 13.2 Å². The summed E-state index contributed by atoms with van der Waals surface area (Å²) in [6.45, 7) is 7.65. The van der Waals surface area contributed by atoms with Gasteiger partial charge in [0, 0.05) is 25.4 Å². The summed E-state index contributed by atoms with van der Waals surface area (Å²) in [4.78, 5) is 4.38. The summed E-state index contributed by atoms with van der Waals surface area (Å²) in [6.07, 6.45) is 6.02. The molecule has 2 aromatic rings. The largest absolute Gasteiger partial charge is 0.492 e. The first-order valence-electron chi connectivity index (χ1n) is 7.76. The molecule has 4 nitrogen and oxygen atoms in total. The van der Waals surface area contributed by atoms with E-state index in [4.69, 9.17) is 4.74 Å². The predicted molar refractivity (Wildman–Crippen MR) is 85.5 cm³/mol. The average Bonchev–Trinajstić information content (AvgIpc) is 2.93. The second kappa shape index (κ2) is 8.47. The molecule has 0 unspecified atom stereocenters. The first-order valence-corrected chi connectivity index (χ1v) is 7.76. The van der Waals surface area contributed by atoms with Gasteiger partial charge in [-0.05, 0) is 30.7 Å². The van der Waals surface area contributed by atoms with Crippen LogP contribution in [-0.4, -0.2) is 22.7 Å². The van der Waals surface area contributed by atoms with Gasteiger partial charge < -0.3 is 14.6 Å². The fourth-order valence-electron chi connectivity index (χ4n) is 2.27. The quantitative estimate of drug-likeness (QED) is 0.770. The maximum Gasteiger partial charge on any atom is 0.119 e. The molecule has 1 aromatic heterocycles. The Balaban J connectivity index is 1.84. The molecule has 0 fully saturated rings. The third-order valence-electron chi connectivity index (χ3n) is 3.35. The normalized spacial score (nSPS) is 10.8. The highest BCUT2D eigenvalue weighted by molar-refractivity contribution is 5.28. The van der Waals surface area contributed by atoms with Crippen molar-refractivity contribution in [2.24, 2.45) is 0 Å². The molecule has 114 valence electrons. The molecule has 0 amide bonds. The van der Waals surface area contributed by atoms with Crippen molar-refractivity contribution in [2.45, 2.75) is 39.8 Å². The van der Waals surface area contributed by atoms with Gasteiger partial charge in [-0.2, -0.15) is 0 Å². The molecule has 1 aromatic carbocycles. The van der Waals surface area contributed by atoms with E-state index in [0.29, 0.717) is 6.61 Å². The molecule has 0 aliphatic carbocycles. The van der Waals surface area contributed by atoms with Crippen molar-refractivity contribution in [3.8, 4) is 5.75 Å². The number of aromatic nitrogens is 2. The summed E-state index contributed by atoms with van der Waals surface area (Å²) in [7, 11) is 0. The molecule has 21 heavy (non-hydrogen) atoms. The summed E-state index contributed by atoms with van der Waals surface area (Å²) in [5.74, 6) is 2.07. The number of aryl methyl sites for hydroxylation is 1. The third kappa shape index (κ3) is 4.90. The van der Waals surface area contributed by atoms with E-state index in [0.717, 1.165) is 44.0 Å². The average molecular weight is 287 g/mol. The van der Waals surface area contributed by atoms with Crippen molar-refractivity contribution in [1.29, 1.82) is 0 Å². The summed E-state index contributed by atoms with van der Waals surface area (Å²) in [5.41, 5.74) is 1.25. The standard InChI is InChI=1S/C17H25N3O/c1-3-6-17-19-9-10-20(17)11-12-21-16-8-5-7-15(13-16)14-18-4-2/h5,7-10,13,18H,3-4,6,11-12,14H2,1-2H3. The fraction of sp³-hybridized carbons (Fsp3) is 0.471. The Morgan fingerprint density at radius 1 is 1.29 bits per heavy atom. The lowest BCUT2D eigenvalue weighted by Crippen LogP contribution is -2.12. The van der Waals surface area contributed by atoms with Crippen molar-refractivity contribution in [3.63, 3.8) is 0 Å². The van der Waals surface area contributed by atoms with Gasteiger partial charge in [-0.25, -0.2) is 4.98 Å². The van der Waals surface area contributed by atoms with Crippen LogP contribution in [0.1, 0.15) is 31.7 Å². The molecule has 0 aliphatic heterocycles. The molecule has 0 bridgehead atoms. The summed E-state index contributed by atoms with van der Waals surface area (Å²) < 4.78 is 8.03. The van der Waals surface area contributed by atoms with Gasteiger partial charge in [-0.1, -0.05) is 26.0 Å². The Kier molecular flexibility index (Phi) is 6.28. The Morgan fingerprint density at radius 3 is 3.00 bits per heavy atom. The zero-order valence-electron chi connectivity index (χ0n) is 13.0. The van der Waals surface area contributed by atoms with Crippen LogP contribution in [0.15, 0.2) is 36.7 Å². The van der Waals surface area contributed by atoms with Gasteiger partial charge in [-0.15, -0.1) is 0 Å². The van der Waals surface area contributed by atoms with Gasteiger partial charge in [-0.3, -0.25) is 0 Å². The Morgan fingerprint density at radius 2 is 2.19 bits per heavy atom. The first-order chi connectivity index (χ1) is 10.3. The lowest BCUT2D eigenvalue weighted by Gasteiger charge is -2.10. The first kappa shape index (κ1) is 15.6. The van der Waals surface area contributed by atoms with Crippen LogP contribution >= 0.6 is 0 Å². The zero-order valence-corrected chi connectivity index (χ0v) is 13.0. The van der Waals surface area contributed by atoms with E-state index in [1.807, 2.05) is 24.5 Å². The number of benzene rings is 1. The van der Waals surface area contributed by atoms with E-state index >= 15 is 0 Å². The highest BCUT2D eigenvalue weighted by Crippen LogP contribution is 2.13. The maximum absolute atomic E-state index is 5.86. The minimum Gasteiger partial charge on any atom is -0.492 e. The van der Waals surface area contributed by atoms with Gasteiger partial charge in [0.25, 0.3) is 0 Å². The second-order valence-corrected chi connectivity index (χ2v) is 5.06. The maximum atomic E-state index is 5.86. The monoisotopic (exact) mass is 287 g/mol. The predicted octanol–water partition coefficient (Wildman–Crippen LogP) is 3.02. The molecule has 0 saturated carbocycles. The number of ether oxygens (including phenoxy) is 1. The fourth-order valence-corrected chi connectivity index (χ4v) is 2.27. The van der Waals surface area contributed by atoms with Crippen LogP contribution < -0.4 is 10.1 Å². The number of hydrogen-bond donors (Lipinski definition) is 1. The zero-order chi connectivity index (χ0) is 14.9. The van der Waals surface area contributed by atoms with Crippen LogP contribution in [0.2, 0.25) is 0 Å². The molecule has 0 spiro atoms. The van der Waals surface area contributed by atoms with Gasteiger partial charge >= 0.3 is 0 Å². The minimum atomic E-state index is 0.664. The Labute approximate surface area is 127 Å². The van der Waals surface area contributed by atoms with Crippen LogP contribution in [0.5, 0.6) is 5.75 Å². The molecule has 4 heteroatoms. The number of hydrogen-bond acceptors (Lipinski definition) is 3. The topological polar surface area (TPSA) is 39.1 Å².